The van der Waals surface area contributed by atoms with E-state index >= 15 is 0 Å². The highest BCUT2D eigenvalue weighted by molar-refractivity contribution is 8.00. The van der Waals surface area contributed by atoms with Crippen molar-refractivity contribution >= 4 is 29.4 Å². The second-order valence-electron chi connectivity index (χ2n) is 5.94. The SMILES string of the molecule is CC1(C)CCN(c2ccccc2)c2cc(C=O)ccc2S1. The molecule has 0 N–H and O–H groups in total. The fraction of sp³-hybridized carbons (Fsp3) is 0.278. The third-order valence-corrected chi connectivity index (χ3v) is 5.12. The Balaban J connectivity index is 2.12. The van der Waals surface area contributed by atoms with Crippen LogP contribution in [0.3, 0.4) is 0 Å². The number of thioether (sulfide) groups is 1. The molecule has 0 amide bonds. The Labute approximate surface area is 130 Å². The van der Waals surface area contributed by atoms with Crippen LogP contribution in [0.4, 0.5) is 11.4 Å². The van der Waals surface area contributed by atoms with Gasteiger partial charge >= 0.3 is 0 Å². The number of carbonyl (C=O) groups excluding carboxylic acids is 1. The van der Waals surface area contributed by atoms with Gasteiger partial charge in [-0.3, -0.25) is 4.79 Å². The van der Waals surface area contributed by atoms with Gasteiger partial charge in [0.2, 0.25) is 0 Å². The Morgan fingerprint density at radius 2 is 1.90 bits per heavy atom. The molecule has 2 nitrogen and oxygen atoms in total. The van der Waals surface area contributed by atoms with E-state index in [1.807, 2.05) is 30.0 Å². The number of hydrogen-bond donors (Lipinski definition) is 0. The topological polar surface area (TPSA) is 20.3 Å². The molecule has 0 radical (unpaired) electrons. The van der Waals surface area contributed by atoms with Gasteiger partial charge in [-0.15, -0.1) is 11.8 Å². The van der Waals surface area contributed by atoms with Gasteiger partial charge in [-0.05, 0) is 30.7 Å². The monoisotopic (exact) mass is 297 g/mol. The maximum Gasteiger partial charge on any atom is 0.150 e. The summed E-state index contributed by atoms with van der Waals surface area (Å²) in [6, 6.07) is 16.4. The number of rotatable bonds is 2. The largest absolute Gasteiger partial charge is 0.341 e. The van der Waals surface area contributed by atoms with Gasteiger partial charge in [-0.2, -0.15) is 0 Å². The van der Waals surface area contributed by atoms with E-state index in [0.717, 1.165) is 30.5 Å². The van der Waals surface area contributed by atoms with Crippen LogP contribution in [-0.2, 0) is 0 Å². The number of hydrogen-bond acceptors (Lipinski definition) is 3. The lowest BCUT2D eigenvalue weighted by Crippen LogP contribution is -2.23. The van der Waals surface area contributed by atoms with Crippen LogP contribution >= 0.6 is 11.8 Å². The predicted octanol–water partition coefficient (Wildman–Crippen LogP) is 4.91. The molecule has 2 aromatic carbocycles. The smallest absolute Gasteiger partial charge is 0.150 e. The summed E-state index contributed by atoms with van der Waals surface area (Å²) >= 11 is 1.90. The molecule has 0 spiro atoms. The summed E-state index contributed by atoms with van der Waals surface area (Å²) in [5.74, 6) is 0. The van der Waals surface area contributed by atoms with Gasteiger partial charge in [0, 0.05) is 27.4 Å². The standard InChI is InChI=1S/C18H19NOS/c1-18(2)10-11-19(15-6-4-3-5-7-15)16-12-14(13-20)8-9-17(16)21-18/h3-9,12-13H,10-11H2,1-2H3. The summed E-state index contributed by atoms with van der Waals surface area (Å²) in [6.07, 6.45) is 2.02. The number of anilines is 2. The summed E-state index contributed by atoms with van der Waals surface area (Å²) in [5.41, 5.74) is 3.05. The van der Waals surface area contributed by atoms with Crippen molar-refractivity contribution in [3.63, 3.8) is 0 Å². The van der Waals surface area contributed by atoms with Gasteiger partial charge in [0.1, 0.15) is 6.29 Å². The first-order chi connectivity index (χ1) is 10.1. The van der Waals surface area contributed by atoms with Crippen LogP contribution in [0.25, 0.3) is 0 Å². The first-order valence-corrected chi connectivity index (χ1v) is 8.01. The summed E-state index contributed by atoms with van der Waals surface area (Å²) in [7, 11) is 0. The van der Waals surface area contributed by atoms with E-state index in [1.165, 1.54) is 10.6 Å². The van der Waals surface area contributed by atoms with Gasteiger partial charge in [0.05, 0.1) is 5.69 Å². The Morgan fingerprint density at radius 1 is 1.14 bits per heavy atom. The molecule has 0 saturated heterocycles. The molecule has 0 aliphatic carbocycles. The maximum atomic E-state index is 11.1. The van der Waals surface area contributed by atoms with Gasteiger partial charge in [-0.1, -0.05) is 38.1 Å². The Hall–Kier alpha value is -1.74. The molecule has 0 fully saturated rings. The Morgan fingerprint density at radius 3 is 2.62 bits per heavy atom. The van der Waals surface area contributed by atoms with Crippen molar-refractivity contribution in [1.29, 1.82) is 0 Å². The molecule has 3 heteroatoms. The average molecular weight is 297 g/mol. The Kier molecular flexibility index (Phi) is 3.77. The van der Waals surface area contributed by atoms with Crippen LogP contribution in [0.2, 0.25) is 0 Å². The Bertz CT molecular complexity index is 652. The molecule has 21 heavy (non-hydrogen) atoms. The zero-order valence-electron chi connectivity index (χ0n) is 12.4. The van der Waals surface area contributed by atoms with Crippen molar-refractivity contribution in [2.45, 2.75) is 29.9 Å². The fourth-order valence-corrected chi connectivity index (χ4v) is 3.83. The molecule has 108 valence electrons. The van der Waals surface area contributed by atoms with Crippen molar-refractivity contribution in [2.75, 3.05) is 11.4 Å². The molecule has 0 saturated carbocycles. The van der Waals surface area contributed by atoms with Crippen LogP contribution in [-0.4, -0.2) is 17.6 Å². The average Bonchev–Trinajstić information content (AvgIpc) is 2.62. The quantitative estimate of drug-likeness (QED) is 0.734. The van der Waals surface area contributed by atoms with Gasteiger partial charge in [0.15, 0.2) is 0 Å². The summed E-state index contributed by atoms with van der Waals surface area (Å²) in [6.45, 7) is 5.52. The molecular formula is C18H19NOS. The van der Waals surface area contributed by atoms with Crippen molar-refractivity contribution in [3.8, 4) is 0 Å². The number of aldehydes is 1. The number of para-hydroxylation sites is 1. The van der Waals surface area contributed by atoms with Gasteiger partial charge < -0.3 is 4.90 Å². The van der Waals surface area contributed by atoms with Crippen molar-refractivity contribution in [1.82, 2.24) is 0 Å². The molecule has 1 aliphatic rings. The highest BCUT2D eigenvalue weighted by atomic mass is 32.2. The first kappa shape index (κ1) is 14.2. The van der Waals surface area contributed by atoms with E-state index in [2.05, 4.69) is 49.1 Å². The molecule has 0 bridgehead atoms. The van der Waals surface area contributed by atoms with Gasteiger partial charge in [-0.25, -0.2) is 0 Å². The minimum atomic E-state index is 0.195. The fourth-order valence-electron chi connectivity index (χ4n) is 2.63. The molecule has 0 atom stereocenters. The number of fused-ring (bicyclic) bond motifs is 1. The number of benzene rings is 2. The van der Waals surface area contributed by atoms with E-state index < -0.39 is 0 Å². The van der Waals surface area contributed by atoms with Gasteiger partial charge in [0.25, 0.3) is 0 Å². The van der Waals surface area contributed by atoms with E-state index in [0.29, 0.717) is 0 Å². The second-order valence-corrected chi connectivity index (χ2v) is 7.69. The van der Waals surface area contributed by atoms with E-state index in [4.69, 9.17) is 0 Å². The van der Waals surface area contributed by atoms with Crippen molar-refractivity contribution in [2.24, 2.45) is 0 Å². The zero-order chi connectivity index (χ0) is 14.9. The minimum Gasteiger partial charge on any atom is -0.341 e. The van der Waals surface area contributed by atoms with Crippen LogP contribution in [0.15, 0.2) is 53.4 Å². The molecule has 1 heterocycles. The first-order valence-electron chi connectivity index (χ1n) is 7.20. The third kappa shape index (κ3) is 2.98. The predicted molar refractivity (Wildman–Crippen MR) is 89.8 cm³/mol. The highest BCUT2D eigenvalue weighted by Crippen LogP contribution is 2.45. The molecule has 2 aromatic rings. The van der Waals surface area contributed by atoms with E-state index in [1.54, 1.807) is 0 Å². The van der Waals surface area contributed by atoms with E-state index in [-0.39, 0.29) is 4.75 Å². The normalized spacial score (nSPS) is 17.0. The minimum absolute atomic E-state index is 0.195. The number of carbonyl (C=O) groups is 1. The maximum absolute atomic E-state index is 11.1. The van der Waals surface area contributed by atoms with Crippen LogP contribution in [0.5, 0.6) is 0 Å². The zero-order valence-corrected chi connectivity index (χ0v) is 13.2. The lowest BCUT2D eigenvalue weighted by molar-refractivity contribution is 0.112. The summed E-state index contributed by atoms with van der Waals surface area (Å²) < 4.78 is 0.195. The third-order valence-electron chi connectivity index (χ3n) is 3.80. The van der Waals surface area contributed by atoms with E-state index in [9.17, 15) is 4.79 Å². The lowest BCUT2D eigenvalue weighted by Gasteiger charge is -2.25. The summed E-state index contributed by atoms with van der Waals surface area (Å²) in [5, 5.41) is 0. The molecule has 0 aromatic heterocycles. The molecule has 0 unspecified atom stereocenters. The van der Waals surface area contributed by atoms with Crippen molar-refractivity contribution < 1.29 is 4.79 Å². The molecule has 1 aliphatic heterocycles. The molecule has 3 rings (SSSR count). The summed E-state index contributed by atoms with van der Waals surface area (Å²) in [4.78, 5) is 14.7. The lowest BCUT2D eigenvalue weighted by atomic mass is 10.1. The van der Waals surface area contributed by atoms with Crippen LogP contribution < -0.4 is 4.90 Å². The second kappa shape index (κ2) is 5.57. The van der Waals surface area contributed by atoms with Crippen molar-refractivity contribution in [3.05, 3.63) is 54.1 Å². The highest BCUT2D eigenvalue weighted by Gasteiger charge is 2.28. The number of nitrogens with zero attached hydrogens (tertiary/aromatic N) is 1. The van der Waals surface area contributed by atoms with Crippen LogP contribution in [0, 0.1) is 0 Å². The van der Waals surface area contributed by atoms with Crippen LogP contribution in [0.1, 0.15) is 30.6 Å². The molecular weight excluding hydrogens is 278 g/mol.